The zero-order valence-electron chi connectivity index (χ0n) is 8.08. The molecule has 0 aliphatic carbocycles. The second-order valence-electron chi connectivity index (χ2n) is 3.55. The lowest BCUT2D eigenvalue weighted by atomic mass is 10.2. The molecule has 6 heteroatoms. The molecule has 0 radical (unpaired) electrons. The molecule has 0 aromatic carbocycles. The summed E-state index contributed by atoms with van der Waals surface area (Å²) in [4.78, 5) is 12.9. The molecule has 1 saturated heterocycles. The maximum atomic E-state index is 11.3. The van der Waals surface area contributed by atoms with Crippen molar-refractivity contribution in [2.45, 2.75) is 12.1 Å². The number of amides is 1. The standard InChI is InChI=1S/C9H12ClN3O2/c10-4-9(15)12-5-7(8(14)6-12)13-3-1-2-11-13/h1-3,7-8,14H,4-6H2/t7-,8+/m0/s1. The van der Waals surface area contributed by atoms with Gasteiger partial charge in [-0.1, -0.05) is 0 Å². The first-order valence-electron chi connectivity index (χ1n) is 4.73. The number of aliphatic hydroxyl groups excluding tert-OH is 1. The molecule has 1 aromatic heterocycles. The van der Waals surface area contributed by atoms with Gasteiger partial charge in [0.25, 0.3) is 0 Å². The van der Waals surface area contributed by atoms with E-state index >= 15 is 0 Å². The molecular weight excluding hydrogens is 218 g/mol. The Balaban J connectivity index is 2.08. The number of carbonyl (C=O) groups is 1. The Labute approximate surface area is 92.2 Å². The van der Waals surface area contributed by atoms with Crippen LogP contribution < -0.4 is 0 Å². The van der Waals surface area contributed by atoms with Gasteiger partial charge in [0.1, 0.15) is 5.88 Å². The Bertz CT molecular complexity index is 341. The van der Waals surface area contributed by atoms with Gasteiger partial charge >= 0.3 is 0 Å². The van der Waals surface area contributed by atoms with Crippen LogP contribution in [0.25, 0.3) is 0 Å². The van der Waals surface area contributed by atoms with Gasteiger partial charge in [-0.3, -0.25) is 9.48 Å². The van der Waals surface area contributed by atoms with E-state index < -0.39 is 6.10 Å². The van der Waals surface area contributed by atoms with Gasteiger partial charge < -0.3 is 10.0 Å². The summed E-state index contributed by atoms with van der Waals surface area (Å²) in [7, 11) is 0. The molecule has 15 heavy (non-hydrogen) atoms. The van der Waals surface area contributed by atoms with E-state index in [1.165, 1.54) is 0 Å². The maximum Gasteiger partial charge on any atom is 0.237 e. The van der Waals surface area contributed by atoms with Gasteiger partial charge in [0.05, 0.1) is 12.1 Å². The van der Waals surface area contributed by atoms with Crippen molar-refractivity contribution >= 4 is 17.5 Å². The second kappa shape index (κ2) is 4.20. The molecule has 1 aliphatic rings. The van der Waals surface area contributed by atoms with E-state index in [1.54, 1.807) is 28.0 Å². The first-order chi connectivity index (χ1) is 7.22. The number of hydrogen-bond acceptors (Lipinski definition) is 3. The number of hydrogen-bond donors (Lipinski definition) is 1. The first kappa shape index (κ1) is 10.4. The van der Waals surface area contributed by atoms with Gasteiger partial charge in [-0.2, -0.15) is 5.10 Å². The quantitative estimate of drug-likeness (QED) is 0.719. The zero-order valence-corrected chi connectivity index (χ0v) is 8.84. The van der Waals surface area contributed by atoms with Crippen molar-refractivity contribution in [1.82, 2.24) is 14.7 Å². The van der Waals surface area contributed by atoms with Crippen LogP contribution in [0.5, 0.6) is 0 Å². The fourth-order valence-corrected chi connectivity index (χ4v) is 1.96. The Hall–Kier alpha value is -1.07. The predicted octanol–water partition coefficient (Wildman–Crippen LogP) is -0.134. The summed E-state index contributed by atoms with van der Waals surface area (Å²) in [5.41, 5.74) is 0. The van der Waals surface area contributed by atoms with Crippen LogP contribution in [0.4, 0.5) is 0 Å². The third kappa shape index (κ3) is 1.98. The van der Waals surface area contributed by atoms with Crippen molar-refractivity contribution in [2.75, 3.05) is 19.0 Å². The van der Waals surface area contributed by atoms with Crippen LogP contribution >= 0.6 is 11.6 Å². The highest BCUT2D eigenvalue weighted by Gasteiger charge is 2.34. The van der Waals surface area contributed by atoms with E-state index in [2.05, 4.69) is 5.10 Å². The van der Waals surface area contributed by atoms with E-state index in [0.717, 1.165) is 0 Å². The minimum absolute atomic E-state index is 0.0431. The van der Waals surface area contributed by atoms with Crippen LogP contribution in [-0.2, 0) is 4.79 Å². The van der Waals surface area contributed by atoms with Gasteiger partial charge in [0.15, 0.2) is 0 Å². The molecule has 82 valence electrons. The summed E-state index contributed by atoms with van der Waals surface area (Å²) >= 11 is 5.46. The number of aromatic nitrogens is 2. The monoisotopic (exact) mass is 229 g/mol. The summed E-state index contributed by atoms with van der Waals surface area (Å²) < 4.78 is 1.67. The summed E-state index contributed by atoms with van der Waals surface area (Å²) in [6, 6.07) is 1.63. The number of alkyl halides is 1. The summed E-state index contributed by atoms with van der Waals surface area (Å²) in [5.74, 6) is -0.191. The first-order valence-corrected chi connectivity index (χ1v) is 5.26. The Morgan fingerprint density at radius 3 is 3.00 bits per heavy atom. The summed E-state index contributed by atoms with van der Waals surface area (Å²) in [6.07, 6.45) is 2.86. The van der Waals surface area contributed by atoms with Crippen molar-refractivity contribution in [3.63, 3.8) is 0 Å². The van der Waals surface area contributed by atoms with Crippen molar-refractivity contribution in [1.29, 1.82) is 0 Å². The smallest absolute Gasteiger partial charge is 0.237 e. The molecule has 1 aromatic rings. The van der Waals surface area contributed by atoms with Gasteiger partial charge in [0, 0.05) is 25.5 Å². The van der Waals surface area contributed by atoms with Crippen LogP contribution in [-0.4, -0.2) is 50.8 Å². The third-order valence-electron chi connectivity index (χ3n) is 2.59. The molecule has 0 bridgehead atoms. The molecule has 0 spiro atoms. The number of halogens is 1. The van der Waals surface area contributed by atoms with Gasteiger partial charge in [-0.15, -0.1) is 11.6 Å². The molecule has 5 nitrogen and oxygen atoms in total. The summed E-state index contributed by atoms with van der Waals surface area (Å²) in [5, 5.41) is 13.8. The van der Waals surface area contributed by atoms with Crippen molar-refractivity contribution in [3.05, 3.63) is 18.5 Å². The lowest BCUT2D eigenvalue weighted by Crippen LogP contribution is -2.30. The largest absolute Gasteiger partial charge is 0.389 e. The molecule has 1 fully saturated rings. The molecule has 0 unspecified atom stereocenters. The van der Waals surface area contributed by atoms with Crippen molar-refractivity contribution in [3.8, 4) is 0 Å². The average Bonchev–Trinajstić information content (AvgIpc) is 2.84. The van der Waals surface area contributed by atoms with Crippen LogP contribution in [0.15, 0.2) is 18.5 Å². The fraction of sp³-hybridized carbons (Fsp3) is 0.556. The third-order valence-corrected chi connectivity index (χ3v) is 2.82. The second-order valence-corrected chi connectivity index (χ2v) is 3.82. The molecule has 2 heterocycles. The van der Waals surface area contributed by atoms with Crippen LogP contribution in [0, 0.1) is 0 Å². The predicted molar refractivity (Wildman–Crippen MR) is 54.6 cm³/mol. The molecular formula is C9H12ClN3O2. The van der Waals surface area contributed by atoms with Crippen molar-refractivity contribution in [2.24, 2.45) is 0 Å². The lowest BCUT2D eigenvalue weighted by Gasteiger charge is -2.14. The molecule has 1 aliphatic heterocycles. The highest BCUT2D eigenvalue weighted by molar-refractivity contribution is 6.27. The number of aliphatic hydroxyl groups is 1. The molecule has 1 N–H and O–H groups in total. The maximum absolute atomic E-state index is 11.3. The fourth-order valence-electron chi connectivity index (χ4n) is 1.79. The number of rotatable bonds is 2. The minimum Gasteiger partial charge on any atom is -0.389 e. The van der Waals surface area contributed by atoms with Crippen LogP contribution in [0.1, 0.15) is 6.04 Å². The minimum atomic E-state index is -0.572. The number of likely N-dealkylation sites (tertiary alicyclic amines) is 1. The van der Waals surface area contributed by atoms with Crippen LogP contribution in [0.3, 0.4) is 0 Å². The Kier molecular flexibility index (Phi) is 2.93. The molecule has 1 amide bonds. The van der Waals surface area contributed by atoms with Gasteiger partial charge in [-0.25, -0.2) is 0 Å². The van der Waals surface area contributed by atoms with E-state index in [-0.39, 0.29) is 17.8 Å². The van der Waals surface area contributed by atoms with Gasteiger partial charge in [-0.05, 0) is 6.07 Å². The Morgan fingerprint density at radius 2 is 2.40 bits per heavy atom. The van der Waals surface area contributed by atoms with Crippen molar-refractivity contribution < 1.29 is 9.90 Å². The molecule has 2 rings (SSSR count). The van der Waals surface area contributed by atoms with E-state index in [0.29, 0.717) is 13.1 Å². The SMILES string of the molecule is O=C(CCl)N1C[C@@H](O)[C@@H](n2cccn2)C1. The highest BCUT2D eigenvalue weighted by atomic mass is 35.5. The number of nitrogens with zero attached hydrogens (tertiary/aromatic N) is 3. The van der Waals surface area contributed by atoms with E-state index in [1.807, 2.05) is 0 Å². The summed E-state index contributed by atoms with van der Waals surface area (Å²) in [6.45, 7) is 0.796. The topological polar surface area (TPSA) is 58.4 Å². The average molecular weight is 230 g/mol. The van der Waals surface area contributed by atoms with E-state index in [9.17, 15) is 9.90 Å². The molecule has 2 atom stereocenters. The Morgan fingerprint density at radius 1 is 1.60 bits per heavy atom. The van der Waals surface area contributed by atoms with E-state index in [4.69, 9.17) is 11.6 Å². The van der Waals surface area contributed by atoms with Crippen LogP contribution in [0.2, 0.25) is 0 Å². The normalized spacial score (nSPS) is 25.9. The zero-order chi connectivity index (χ0) is 10.8. The number of β-amino-alcohol motifs (C(OH)–C–C–N with tert-alkyl or cyclic N) is 1. The highest BCUT2D eigenvalue weighted by Crippen LogP contribution is 2.21. The lowest BCUT2D eigenvalue weighted by molar-refractivity contribution is -0.127. The number of carbonyl (C=O) groups excluding carboxylic acids is 1. The molecule has 0 saturated carbocycles. The van der Waals surface area contributed by atoms with Gasteiger partial charge in [0.2, 0.25) is 5.91 Å².